The lowest BCUT2D eigenvalue weighted by Gasteiger charge is -2.50. The Morgan fingerprint density at radius 1 is 1.05 bits per heavy atom. The van der Waals surface area contributed by atoms with Crippen LogP contribution in [0.4, 0.5) is 5.69 Å². The van der Waals surface area contributed by atoms with Crippen LogP contribution in [0.15, 0.2) is 48.0 Å². The number of alkyl halides is 3. The lowest BCUT2D eigenvalue weighted by atomic mass is 9.56. The van der Waals surface area contributed by atoms with E-state index in [2.05, 4.69) is 15.9 Å². The quantitative estimate of drug-likeness (QED) is 0.204. The number of hydrogen-bond acceptors (Lipinski definition) is 6. The number of imide groups is 2. The van der Waals surface area contributed by atoms with Gasteiger partial charge in [-0.2, -0.15) is 0 Å². The number of benzene rings is 2. The highest BCUT2D eigenvalue weighted by atomic mass is 79.9. The van der Waals surface area contributed by atoms with Gasteiger partial charge < -0.3 is 9.84 Å². The molecule has 6 unspecified atom stereocenters. The molecular formula is C29H24BrCl3N2O6. The van der Waals surface area contributed by atoms with Crippen molar-refractivity contribution < 1.29 is 29.0 Å². The van der Waals surface area contributed by atoms with Crippen LogP contribution in [0.5, 0.6) is 11.5 Å². The number of likely N-dealkylation sites (tertiary alicyclic amines) is 1. The van der Waals surface area contributed by atoms with E-state index in [1.54, 1.807) is 36.4 Å². The maximum atomic E-state index is 14.1. The van der Waals surface area contributed by atoms with Crippen LogP contribution in [0.1, 0.15) is 29.9 Å². The minimum Gasteiger partial charge on any atom is -0.508 e. The molecule has 2 aliphatic carbocycles. The number of carbonyl (C=O) groups is 4. The average molecular weight is 683 g/mol. The van der Waals surface area contributed by atoms with Crippen LogP contribution in [0.2, 0.25) is 5.02 Å². The Kier molecular flexibility index (Phi) is 6.77. The number of phenols is 1. The molecular weight excluding hydrogens is 659 g/mol. The third kappa shape index (κ3) is 3.71. The maximum Gasteiger partial charge on any atom is 0.254 e. The Balaban J connectivity index is 1.53. The minimum atomic E-state index is -2.02. The summed E-state index contributed by atoms with van der Waals surface area (Å²) in [5, 5.41) is 11.5. The maximum absolute atomic E-state index is 14.1. The molecule has 214 valence electrons. The average Bonchev–Trinajstić information content (AvgIpc) is 3.28. The van der Waals surface area contributed by atoms with Gasteiger partial charge in [-0.05, 0) is 61.6 Å². The van der Waals surface area contributed by atoms with Gasteiger partial charge in [0.25, 0.3) is 11.8 Å². The fourth-order valence-corrected chi connectivity index (χ4v) is 8.56. The predicted molar refractivity (Wildman–Crippen MR) is 157 cm³/mol. The first-order valence-electron chi connectivity index (χ1n) is 12.9. The van der Waals surface area contributed by atoms with E-state index in [1.807, 2.05) is 6.92 Å². The van der Waals surface area contributed by atoms with Crippen molar-refractivity contribution in [3.8, 4) is 11.5 Å². The van der Waals surface area contributed by atoms with Crippen molar-refractivity contribution in [1.82, 2.24) is 4.90 Å². The number of methoxy groups -OCH3 is 1. The zero-order valence-corrected chi connectivity index (χ0v) is 25.7. The molecule has 8 nitrogen and oxygen atoms in total. The summed E-state index contributed by atoms with van der Waals surface area (Å²) in [5.74, 6) is -5.42. The number of aromatic hydroxyl groups is 1. The number of fused-ring (bicyclic) bond motifs is 4. The minimum absolute atomic E-state index is 0.139. The predicted octanol–water partition coefficient (Wildman–Crippen LogP) is 5.28. The number of allylic oxidation sites excluding steroid dienone is 2. The van der Waals surface area contributed by atoms with E-state index >= 15 is 0 Å². The van der Waals surface area contributed by atoms with Crippen molar-refractivity contribution in [2.75, 3.05) is 17.5 Å². The number of carbonyl (C=O) groups excluding carboxylic acids is 4. The van der Waals surface area contributed by atoms with E-state index in [0.717, 1.165) is 15.4 Å². The van der Waals surface area contributed by atoms with E-state index in [9.17, 15) is 24.3 Å². The summed E-state index contributed by atoms with van der Waals surface area (Å²) in [6, 6.07) is 9.50. The van der Waals surface area contributed by atoms with Gasteiger partial charge in [-0.3, -0.25) is 24.1 Å². The first-order chi connectivity index (χ1) is 19.4. The molecule has 4 aliphatic rings. The van der Waals surface area contributed by atoms with E-state index in [-0.39, 0.29) is 35.5 Å². The second-order valence-corrected chi connectivity index (χ2v) is 13.0. The summed E-state index contributed by atoms with van der Waals surface area (Å²) in [4.78, 5) is 53.4. The Bertz CT molecular complexity index is 1580. The highest BCUT2D eigenvalue weighted by Gasteiger charge is 2.76. The molecule has 3 fully saturated rings. The number of halogens is 4. The molecule has 2 saturated heterocycles. The lowest BCUT2D eigenvalue weighted by Crippen LogP contribution is -2.60. The van der Waals surface area contributed by atoms with Crippen molar-refractivity contribution >= 4 is 80.0 Å². The molecule has 41 heavy (non-hydrogen) atoms. The topological polar surface area (TPSA) is 104 Å². The Labute approximate surface area is 259 Å². The Morgan fingerprint density at radius 2 is 1.78 bits per heavy atom. The van der Waals surface area contributed by atoms with Crippen molar-refractivity contribution in [1.29, 1.82) is 0 Å². The van der Waals surface area contributed by atoms with E-state index in [1.165, 1.54) is 13.2 Å². The lowest BCUT2D eigenvalue weighted by molar-refractivity contribution is -0.138. The van der Waals surface area contributed by atoms with Gasteiger partial charge >= 0.3 is 0 Å². The van der Waals surface area contributed by atoms with Crippen LogP contribution in [-0.2, 0) is 19.2 Å². The molecule has 0 bridgehead atoms. The van der Waals surface area contributed by atoms with Crippen molar-refractivity contribution in [2.24, 2.45) is 17.8 Å². The molecule has 1 N–H and O–H groups in total. The molecule has 2 aromatic carbocycles. The van der Waals surface area contributed by atoms with Crippen molar-refractivity contribution in [2.45, 2.75) is 35.4 Å². The molecule has 1 saturated carbocycles. The highest BCUT2D eigenvalue weighted by Crippen LogP contribution is 2.66. The molecule has 0 aromatic heterocycles. The molecule has 0 radical (unpaired) electrons. The van der Waals surface area contributed by atoms with Crippen LogP contribution < -0.4 is 9.64 Å². The number of ether oxygens (including phenoxy) is 1. The third-order valence-electron chi connectivity index (χ3n) is 8.97. The number of amides is 4. The second kappa shape index (κ2) is 9.73. The van der Waals surface area contributed by atoms with Gasteiger partial charge in [0, 0.05) is 16.5 Å². The van der Waals surface area contributed by atoms with Gasteiger partial charge in [-0.1, -0.05) is 45.2 Å². The monoisotopic (exact) mass is 680 g/mol. The molecule has 6 rings (SSSR count). The van der Waals surface area contributed by atoms with Crippen LogP contribution >= 0.6 is 50.7 Å². The molecule has 2 heterocycles. The van der Waals surface area contributed by atoms with Gasteiger partial charge in [-0.15, -0.1) is 23.2 Å². The summed E-state index contributed by atoms with van der Waals surface area (Å²) < 4.78 is 5.39. The van der Waals surface area contributed by atoms with Crippen molar-refractivity contribution in [3.63, 3.8) is 0 Å². The van der Waals surface area contributed by atoms with Crippen LogP contribution in [0, 0.1) is 24.7 Å². The standard InChI is InChI=1S/C29H24BrCl3N2O6/c1-13-3-4-14(9-20(13)31)35-24(37)17-7-6-16-19(22(17)25(35)38)11-28(32)26(39)34(12-30)27(40)29(28,33)23(16)18-10-15(41-2)5-8-21(18)36/h3-6,8-10,17,19,22-23,36H,7,11-12H2,1-2H3. The zero-order valence-electron chi connectivity index (χ0n) is 21.9. The fraction of sp³-hybridized carbons (Fsp3) is 0.379. The molecule has 6 atom stereocenters. The number of aryl methyl sites for hydroxylation is 1. The number of phenolic OH excluding ortho intramolecular Hbond substituents is 1. The highest BCUT2D eigenvalue weighted by molar-refractivity contribution is 9.09. The van der Waals surface area contributed by atoms with Gasteiger partial charge in [0.2, 0.25) is 11.8 Å². The molecule has 2 aromatic rings. The summed E-state index contributed by atoms with van der Waals surface area (Å²) in [7, 11) is 1.46. The van der Waals surface area contributed by atoms with Gasteiger partial charge in [0.15, 0.2) is 9.75 Å². The summed E-state index contributed by atoms with van der Waals surface area (Å²) >= 11 is 23.9. The van der Waals surface area contributed by atoms with E-state index in [4.69, 9.17) is 39.5 Å². The molecule has 12 heteroatoms. The summed E-state index contributed by atoms with van der Waals surface area (Å²) in [5.41, 5.74) is 1.82. The zero-order chi connectivity index (χ0) is 29.6. The van der Waals surface area contributed by atoms with Crippen LogP contribution in [0.25, 0.3) is 0 Å². The first kappa shape index (κ1) is 28.5. The normalized spacial score (nSPS) is 32.6. The first-order valence-corrected chi connectivity index (χ1v) is 15.2. The van der Waals surface area contributed by atoms with E-state index < -0.39 is 51.1 Å². The third-order valence-corrected chi connectivity index (χ3v) is 11.3. The molecule has 0 spiro atoms. The second-order valence-electron chi connectivity index (χ2n) is 10.9. The van der Waals surface area contributed by atoms with Gasteiger partial charge in [0.1, 0.15) is 11.5 Å². The summed E-state index contributed by atoms with van der Waals surface area (Å²) in [6.07, 6.45) is 1.86. The van der Waals surface area contributed by atoms with Gasteiger partial charge in [0.05, 0.1) is 30.1 Å². The van der Waals surface area contributed by atoms with Crippen molar-refractivity contribution in [3.05, 3.63) is 64.2 Å². The molecule has 4 amide bonds. The number of nitrogens with zero attached hydrogens (tertiary/aromatic N) is 2. The van der Waals surface area contributed by atoms with Crippen LogP contribution in [-0.4, -0.2) is 55.9 Å². The number of hydrogen-bond donors (Lipinski definition) is 1. The largest absolute Gasteiger partial charge is 0.508 e. The van der Waals surface area contributed by atoms with E-state index in [0.29, 0.717) is 22.0 Å². The fourth-order valence-electron chi connectivity index (χ4n) is 6.96. The smallest absolute Gasteiger partial charge is 0.254 e. The Morgan fingerprint density at radius 3 is 2.44 bits per heavy atom. The molecule has 2 aliphatic heterocycles. The number of rotatable bonds is 4. The van der Waals surface area contributed by atoms with Gasteiger partial charge in [-0.25, -0.2) is 4.90 Å². The summed E-state index contributed by atoms with van der Waals surface area (Å²) in [6.45, 7) is 1.82. The SMILES string of the molecule is COc1ccc(O)c(C2C3=CCC4C(=O)N(c5ccc(C)c(Cl)c5)C(=O)C4C3CC3(Cl)C(=O)N(CBr)C(=O)C23Cl)c1. The Hall–Kier alpha value is -2.59. The van der Waals surface area contributed by atoms with Crippen LogP contribution in [0.3, 0.4) is 0 Å². The number of anilines is 1.